The van der Waals surface area contributed by atoms with E-state index in [4.69, 9.17) is 20.1 Å². The number of hydrazine groups is 1. The lowest BCUT2D eigenvalue weighted by atomic mass is 10.0. The Morgan fingerprint density at radius 1 is 1.30 bits per heavy atom. The highest BCUT2D eigenvalue weighted by molar-refractivity contribution is 5.40. The molecular formula is C15H22N2O3. The molecule has 2 aliphatic rings. The van der Waals surface area contributed by atoms with Crippen molar-refractivity contribution < 1.29 is 14.2 Å². The number of rotatable bonds is 5. The van der Waals surface area contributed by atoms with Gasteiger partial charge in [0.2, 0.25) is 0 Å². The first kappa shape index (κ1) is 13.7. The number of fused-ring (bicyclic) bond motifs is 1. The Bertz CT molecular complexity index is 435. The zero-order valence-electron chi connectivity index (χ0n) is 11.6. The molecule has 1 saturated heterocycles. The van der Waals surface area contributed by atoms with Crippen LogP contribution in [0.15, 0.2) is 24.3 Å². The van der Waals surface area contributed by atoms with Crippen LogP contribution in [-0.2, 0) is 4.74 Å². The van der Waals surface area contributed by atoms with Gasteiger partial charge in [-0.3, -0.25) is 11.3 Å². The number of nitrogens with two attached hydrogens (primary N) is 1. The maximum Gasteiger partial charge on any atom is 0.161 e. The molecule has 0 aromatic heterocycles. The van der Waals surface area contributed by atoms with E-state index in [1.165, 1.54) is 6.42 Å². The Labute approximate surface area is 119 Å². The number of benzene rings is 1. The van der Waals surface area contributed by atoms with E-state index in [0.29, 0.717) is 12.7 Å². The summed E-state index contributed by atoms with van der Waals surface area (Å²) in [7, 11) is 0. The van der Waals surface area contributed by atoms with Crippen LogP contribution in [0.3, 0.4) is 0 Å². The minimum absolute atomic E-state index is 0.0590. The van der Waals surface area contributed by atoms with Crippen LogP contribution in [0.5, 0.6) is 11.5 Å². The predicted molar refractivity (Wildman–Crippen MR) is 75.7 cm³/mol. The first-order valence-electron chi connectivity index (χ1n) is 7.33. The molecule has 5 nitrogen and oxygen atoms in total. The van der Waals surface area contributed by atoms with Gasteiger partial charge in [0.15, 0.2) is 11.5 Å². The smallest absolute Gasteiger partial charge is 0.161 e. The molecule has 0 amide bonds. The van der Waals surface area contributed by atoms with Gasteiger partial charge in [-0.2, -0.15) is 0 Å². The maximum atomic E-state index is 5.99. The van der Waals surface area contributed by atoms with E-state index in [-0.39, 0.29) is 12.1 Å². The first-order chi connectivity index (χ1) is 9.86. The van der Waals surface area contributed by atoms with Crippen LogP contribution in [0.2, 0.25) is 0 Å². The fourth-order valence-electron chi connectivity index (χ4n) is 2.85. The van der Waals surface area contributed by atoms with Crippen molar-refractivity contribution in [3.8, 4) is 11.5 Å². The van der Waals surface area contributed by atoms with Crippen molar-refractivity contribution in [2.24, 2.45) is 5.84 Å². The van der Waals surface area contributed by atoms with Gasteiger partial charge >= 0.3 is 0 Å². The van der Waals surface area contributed by atoms with E-state index in [0.717, 1.165) is 37.4 Å². The molecule has 2 aliphatic heterocycles. The molecule has 2 heterocycles. The molecule has 110 valence electrons. The van der Waals surface area contributed by atoms with Crippen LogP contribution in [-0.4, -0.2) is 31.5 Å². The number of hydrogen-bond donors (Lipinski definition) is 2. The van der Waals surface area contributed by atoms with Gasteiger partial charge in [-0.25, -0.2) is 0 Å². The highest BCUT2D eigenvalue weighted by Crippen LogP contribution is 2.32. The fraction of sp³-hybridized carbons (Fsp3) is 0.600. The predicted octanol–water partition coefficient (Wildman–Crippen LogP) is 1.62. The van der Waals surface area contributed by atoms with Gasteiger partial charge in [0.25, 0.3) is 0 Å². The first-order valence-corrected chi connectivity index (χ1v) is 7.33. The SMILES string of the molecule is NNC(CCC1CCCO1)C1COc2ccccc2O1. The second-order valence-electron chi connectivity index (χ2n) is 5.40. The lowest BCUT2D eigenvalue weighted by Crippen LogP contribution is -2.50. The summed E-state index contributed by atoms with van der Waals surface area (Å²) in [5.41, 5.74) is 2.87. The van der Waals surface area contributed by atoms with Crippen molar-refractivity contribution in [2.75, 3.05) is 13.2 Å². The van der Waals surface area contributed by atoms with E-state index >= 15 is 0 Å². The van der Waals surface area contributed by atoms with Crippen LogP contribution in [0.25, 0.3) is 0 Å². The Hall–Kier alpha value is -1.30. The van der Waals surface area contributed by atoms with Crippen molar-refractivity contribution in [1.29, 1.82) is 0 Å². The topological polar surface area (TPSA) is 65.7 Å². The average Bonchev–Trinajstić information content (AvgIpc) is 3.01. The number of hydrogen-bond acceptors (Lipinski definition) is 5. The van der Waals surface area contributed by atoms with Crippen LogP contribution in [0.1, 0.15) is 25.7 Å². The molecule has 1 aromatic carbocycles. The largest absolute Gasteiger partial charge is 0.486 e. The summed E-state index contributed by atoms with van der Waals surface area (Å²) in [6.07, 6.45) is 4.58. The van der Waals surface area contributed by atoms with Crippen LogP contribution >= 0.6 is 0 Å². The molecule has 1 aromatic rings. The summed E-state index contributed by atoms with van der Waals surface area (Å²) in [6.45, 7) is 1.42. The highest BCUT2D eigenvalue weighted by Gasteiger charge is 2.29. The zero-order valence-corrected chi connectivity index (χ0v) is 11.6. The van der Waals surface area contributed by atoms with E-state index in [2.05, 4.69) is 5.43 Å². The summed E-state index contributed by atoms with van der Waals surface area (Å²) in [5.74, 6) is 7.28. The molecule has 3 unspecified atom stereocenters. The Morgan fingerprint density at radius 3 is 2.90 bits per heavy atom. The average molecular weight is 278 g/mol. The minimum Gasteiger partial charge on any atom is -0.486 e. The summed E-state index contributed by atoms with van der Waals surface area (Å²) in [6, 6.07) is 7.81. The molecule has 1 fully saturated rings. The minimum atomic E-state index is -0.0590. The Balaban J connectivity index is 1.56. The third-order valence-electron chi connectivity index (χ3n) is 4.02. The molecule has 5 heteroatoms. The van der Waals surface area contributed by atoms with Crippen molar-refractivity contribution in [3.63, 3.8) is 0 Å². The van der Waals surface area contributed by atoms with Gasteiger partial charge in [-0.05, 0) is 37.8 Å². The van der Waals surface area contributed by atoms with Gasteiger partial charge in [0.05, 0.1) is 12.1 Å². The van der Waals surface area contributed by atoms with Crippen LogP contribution < -0.4 is 20.7 Å². The van der Waals surface area contributed by atoms with Gasteiger partial charge in [-0.15, -0.1) is 0 Å². The molecule has 0 aliphatic carbocycles. The van der Waals surface area contributed by atoms with E-state index in [1.54, 1.807) is 0 Å². The molecule has 3 N–H and O–H groups in total. The molecule has 0 bridgehead atoms. The Kier molecular flexibility index (Phi) is 4.40. The normalized spacial score (nSPS) is 26.4. The molecule has 20 heavy (non-hydrogen) atoms. The van der Waals surface area contributed by atoms with Crippen molar-refractivity contribution >= 4 is 0 Å². The summed E-state index contributed by atoms with van der Waals surface area (Å²) >= 11 is 0. The molecule has 0 radical (unpaired) electrons. The van der Waals surface area contributed by atoms with Gasteiger partial charge in [0, 0.05) is 6.61 Å². The lowest BCUT2D eigenvalue weighted by molar-refractivity contribution is 0.0490. The molecule has 3 atom stereocenters. The summed E-state index contributed by atoms with van der Waals surface area (Å²) in [4.78, 5) is 0. The van der Waals surface area contributed by atoms with Gasteiger partial charge in [-0.1, -0.05) is 12.1 Å². The third-order valence-corrected chi connectivity index (χ3v) is 4.02. The fourth-order valence-corrected chi connectivity index (χ4v) is 2.85. The van der Waals surface area contributed by atoms with Crippen LogP contribution in [0.4, 0.5) is 0 Å². The summed E-state index contributed by atoms with van der Waals surface area (Å²) < 4.78 is 17.4. The number of nitrogens with one attached hydrogen (secondary N) is 1. The lowest BCUT2D eigenvalue weighted by Gasteiger charge is -2.32. The van der Waals surface area contributed by atoms with Gasteiger partial charge in [0.1, 0.15) is 12.7 Å². The van der Waals surface area contributed by atoms with E-state index < -0.39 is 0 Å². The number of para-hydroxylation sites is 2. The van der Waals surface area contributed by atoms with E-state index in [9.17, 15) is 0 Å². The van der Waals surface area contributed by atoms with Crippen molar-refractivity contribution in [3.05, 3.63) is 24.3 Å². The maximum absolute atomic E-state index is 5.99. The standard InChI is InChI=1S/C15H22N2O3/c16-17-12(8-7-11-4-3-9-18-11)15-10-19-13-5-1-2-6-14(13)20-15/h1-2,5-6,11-12,15,17H,3-4,7-10,16H2. The Morgan fingerprint density at radius 2 is 2.15 bits per heavy atom. The monoisotopic (exact) mass is 278 g/mol. The van der Waals surface area contributed by atoms with Gasteiger partial charge < -0.3 is 14.2 Å². The molecule has 0 spiro atoms. The second kappa shape index (κ2) is 6.43. The summed E-state index contributed by atoms with van der Waals surface area (Å²) in [5, 5.41) is 0. The zero-order chi connectivity index (χ0) is 13.8. The molecule has 3 rings (SSSR count). The molecule has 0 saturated carbocycles. The third kappa shape index (κ3) is 3.06. The second-order valence-corrected chi connectivity index (χ2v) is 5.40. The number of ether oxygens (including phenoxy) is 3. The van der Waals surface area contributed by atoms with Crippen LogP contribution in [0, 0.1) is 0 Å². The molecular weight excluding hydrogens is 256 g/mol. The van der Waals surface area contributed by atoms with E-state index in [1.807, 2.05) is 24.3 Å². The van der Waals surface area contributed by atoms with Crippen molar-refractivity contribution in [2.45, 2.75) is 43.9 Å². The highest BCUT2D eigenvalue weighted by atomic mass is 16.6. The van der Waals surface area contributed by atoms with Crippen molar-refractivity contribution in [1.82, 2.24) is 5.43 Å². The quantitative estimate of drug-likeness (QED) is 0.633.